The van der Waals surface area contributed by atoms with Crippen molar-refractivity contribution in [3.05, 3.63) is 59.9 Å². The Bertz CT molecular complexity index is 826. The minimum absolute atomic E-state index is 0.129. The number of rotatable bonds is 7. The van der Waals surface area contributed by atoms with Crippen molar-refractivity contribution < 1.29 is 23.9 Å². The third-order valence-electron chi connectivity index (χ3n) is 3.86. The molecule has 1 fully saturated rings. The van der Waals surface area contributed by atoms with Gasteiger partial charge in [-0.1, -0.05) is 18.2 Å². The van der Waals surface area contributed by atoms with Gasteiger partial charge >= 0.3 is 5.97 Å². The number of pyridine rings is 1. The molecule has 0 saturated carbocycles. The molecule has 1 aromatic heterocycles. The lowest BCUT2D eigenvalue weighted by Gasteiger charge is -2.17. The molecule has 0 spiro atoms. The first kappa shape index (κ1) is 18.9. The number of nitrogens with zero attached hydrogens (tertiary/aromatic N) is 1. The summed E-state index contributed by atoms with van der Waals surface area (Å²) in [6, 6.07) is 12.1. The third-order valence-corrected chi connectivity index (χ3v) is 4.65. The lowest BCUT2D eigenvalue weighted by atomic mass is 10.1. The summed E-state index contributed by atoms with van der Waals surface area (Å²) in [5.74, 6) is 0.189. The van der Waals surface area contributed by atoms with Gasteiger partial charge in [0.15, 0.2) is 6.10 Å². The van der Waals surface area contributed by atoms with Gasteiger partial charge in [0.05, 0.1) is 5.69 Å². The van der Waals surface area contributed by atoms with Crippen LogP contribution in [0.1, 0.15) is 24.3 Å². The SMILES string of the molecule is CC(=O)OC(COc1ccc(CC2NC(=O)SC2=O)cc1)c1ccccn1. The van der Waals surface area contributed by atoms with Gasteiger partial charge in [-0.15, -0.1) is 0 Å². The topological polar surface area (TPSA) is 94.6 Å². The van der Waals surface area contributed by atoms with Crippen LogP contribution >= 0.6 is 11.8 Å². The highest BCUT2D eigenvalue weighted by molar-refractivity contribution is 8.26. The second kappa shape index (κ2) is 8.68. The van der Waals surface area contributed by atoms with E-state index in [0.29, 0.717) is 29.6 Å². The van der Waals surface area contributed by atoms with Crippen molar-refractivity contribution in [1.29, 1.82) is 0 Å². The Kier molecular flexibility index (Phi) is 6.08. The molecule has 2 unspecified atom stereocenters. The van der Waals surface area contributed by atoms with Crippen LogP contribution in [0.4, 0.5) is 4.79 Å². The summed E-state index contributed by atoms with van der Waals surface area (Å²) in [6.07, 6.45) is 1.45. The molecular formula is C19H18N2O5S. The number of ether oxygens (including phenoxy) is 2. The van der Waals surface area contributed by atoms with Crippen molar-refractivity contribution in [2.45, 2.75) is 25.5 Å². The Hall–Kier alpha value is -2.87. The van der Waals surface area contributed by atoms with Crippen LogP contribution < -0.4 is 10.1 Å². The van der Waals surface area contributed by atoms with Crippen molar-refractivity contribution in [3.63, 3.8) is 0 Å². The van der Waals surface area contributed by atoms with Crippen molar-refractivity contribution in [3.8, 4) is 5.75 Å². The predicted octanol–water partition coefficient (Wildman–Crippen LogP) is 2.66. The Labute approximate surface area is 160 Å². The van der Waals surface area contributed by atoms with Gasteiger partial charge in [-0.3, -0.25) is 19.4 Å². The van der Waals surface area contributed by atoms with Crippen LogP contribution in [0.3, 0.4) is 0 Å². The van der Waals surface area contributed by atoms with E-state index in [1.165, 1.54) is 6.92 Å². The van der Waals surface area contributed by atoms with E-state index in [-0.39, 0.29) is 17.0 Å². The second-order valence-electron chi connectivity index (χ2n) is 5.92. The Morgan fingerprint density at radius 2 is 2.00 bits per heavy atom. The monoisotopic (exact) mass is 386 g/mol. The molecule has 1 N–H and O–H groups in total. The molecule has 2 aromatic rings. The molecule has 2 atom stereocenters. The standard InChI is InChI=1S/C19H18N2O5S/c1-12(22)26-17(15-4-2-3-9-20-15)11-25-14-7-5-13(6-8-14)10-16-18(23)27-19(24)21-16/h2-9,16-17H,10-11H2,1H3,(H,21,24). The highest BCUT2D eigenvalue weighted by Gasteiger charge is 2.31. The third kappa shape index (κ3) is 5.30. The number of benzene rings is 1. The van der Waals surface area contributed by atoms with Crippen molar-refractivity contribution in [1.82, 2.24) is 10.3 Å². The smallest absolute Gasteiger partial charge is 0.303 e. The average molecular weight is 386 g/mol. The van der Waals surface area contributed by atoms with Gasteiger partial charge in [0.25, 0.3) is 5.24 Å². The number of amides is 1. The predicted molar refractivity (Wildman–Crippen MR) is 99.3 cm³/mol. The van der Waals surface area contributed by atoms with Gasteiger partial charge in [0.1, 0.15) is 18.4 Å². The first-order valence-corrected chi connectivity index (χ1v) is 9.15. The summed E-state index contributed by atoms with van der Waals surface area (Å²) < 4.78 is 11.0. The van der Waals surface area contributed by atoms with E-state index >= 15 is 0 Å². The average Bonchev–Trinajstić information content (AvgIpc) is 2.97. The maximum atomic E-state index is 11.7. The molecule has 8 heteroatoms. The highest BCUT2D eigenvalue weighted by Crippen LogP contribution is 2.22. The molecule has 0 bridgehead atoms. The molecule has 0 aliphatic carbocycles. The summed E-state index contributed by atoms with van der Waals surface area (Å²) >= 11 is 0.704. The number of nitrogens with one attached hydrogen (secondary N) is 1. The first-order valence-electron chi connectivity index (χ1n) is 8.33. The van der Waals surface area contributed by atoms with Crippen LogP contribution in [0.2, 0.25) is 0 Å². The van der Waals surface area contributed by atoms with Crippen LogP contribution in [0.15, 0.2) is 48.7 Å². The molecule has 3 rings (SSSR count). The maximum absolute atomic E-state index is 11.7. The molecule has 1 amide bonds. The summed E-state index contributed by atoms with van der Waals surface area (Å²) in [7, 11) is 0. The first-order chi connectivity index (χ1) is 13.0. The van der Waals surface area contributed by atoms with Gasteiger partial charge in [0, 0.05) is 31.3 Å². The maximum Gasteiger partial charge on any atom is 0.303 e. The summed E-state index contributed by atoms with van der Waals surface area (Å²) in [4.78, 5) is 38.4. The lowest BCUT2D eigenvalue weighted by molar-refractivity contribution is -0.148. The largest absolute Gasteiger partial charge is 0.489 e. The number of aromatic nitrogens is 1. The van der Waals surface area contributed by atoms with E-state index in [1.807, 2.05) is 18.2 Å². The molecule has 27 heavy (non-hydrogen) atoms. The van der Waals surface area contributed by atoms with Crippen molar-refractivity contribution >= 4 is 28.1 Å². The van der Waals surface area contributed by atoms with Gasteiger partial charge in [0.2, 0.25) is 5.12 Å². The number of hydrogen-bond donors (Lipinski definition) is 1. The molecule has 2 heterocycles. The normalized spacial score (nSPS) is 17.3. The van der Waals surface area contributed by atoms with Crippen LogP contribution in [0.25, 0.3) is 0 Å². The van der Waals surface area contributed by atoms with Crippen molar-refractivity contribution in [2.75, 3.05) is 6.61 Å². The van der Waals surface area contributed by atoms with Crippen LogP contribution in [-0.2, 0) is 20.7 Å². The van der Waals surface area contributed by atoms with E-state index in [9.17, 15) is 14.4 Å². The molecule has 7 nitrogen and oxygen atoms in total. The fraction of sp³-hybridized carbons (Fsp3) is 0.263. The molecule has 1 aliphatic rings. The minimum Gasteiger partial charge on any atom is -0.489 e. The number of carbonyl (C=O) groups excluding carboxylic acids is 3. The van der Waals surface area contributed by atoms with Crippen LogP contribution in [0, 0.1) is 0 Å². The van der Waals surface area contributed by atoms with Crippen LogP contribution in [-0.4, -0.2) is 34.0 Å². The molecular weight excluding hydrogens is 368 g/mol. The number of hydrogen-bond acceptors (Lipinski definition) is 7. The molecule has 1 aromatic carbocycles. The lowest BCUT2D eigenvalue weighted by Crippen LogP contribution is -2.30. The minimum atomic E-state index is -0.605. The second-order valence-corrected chi connectivity index (χ2v) is 6.89. The van der Waals surface area contributed by atoms with Crippen LogP contribution in [0.5, 0.6) is 5.75 Å². The number of thioether (sulfide) groups is 1. The highest BCUT2D eigenvalue weighted by atomic mass is 32.2. The van der Waals surface area contributed by atoms with Gasteiger partial charge < -0.3 is 14.8 Å². The van der Waals surface area contributed by atoms with Gasteiger partial charge in [-0.2, -0.15) is 0 Å². The van der Waals surface area contributed by atoms with Gasteiger partial charge in [-0.25, -0.2) is 0 Å². The quantitative estimate of drug-likeness (QED) is 0.731. The molecule has 1 aliphatic heterocycles. The van der Waals surface area contributed by atoms with E-state index in [4.69, 9.17) is 9.47 Å². The van der Waals surface area contributed by atoms with E-state index < -0.39 is 18.1 Å². The number of esters is 1. The van der Waals surface area contributed by atoms with Gasteiger partial charge in [-0.05, 0) is 29.8 Å². The zero-order valence-electron chi connectivity index (χ0n) is 14.6. The van der Waals surface area contributed by atoms with E-state index in [0.717, 1.165) is 5.56 Å². The Balaban J connectivity index is 1.59. The summed E-state index contributed by atoms with van der Waals surface area (Å²) in [5.41, 5.74) is 1.52. The Morgan fingerprint density at radius 3 is 2.59 bits per heavy atom. The van der Waals surface area contributed by atoms with E-state index in [1.54, 1.807) is 30.5 Å². The fourth-order valence-corrected chi connectivity index (χ4v) is 3.27. The fourth-order valence-electron chi connectivity index (χ4n) is 2.60. The molecule has 1 saturated heterocycles. The van der Waals surface area contributed by atoms with E-state index in [2.05, 4.69) is 10.3 Å². The Morgan fingerprint density at radius 1 is 1.22 bits per heavy atom. The number of carbonyl (C=O) groups is 3. The summed E-state index contributed by atoms with van der Waals surface area (Å²) in [5, 5.41) is 2.15. The molecule has 140 valence electrons. The van der Waals surface area contributed by atoms with Crippen molar-refractivity contribution in [2.24, 2.45) is 0 Å². The zero-order chi connectivity index (χ0) is 19.2. The zero-order valence-corrected chi connectivity index (χ0v) is 15.4. The summed E-state index contributed by atoms with van der Waals surface area (Å²) in [6.45, 7) is 1.47. The molecule has 0 radical (unpaired) electrons.